The van der Waals surface area contributed by atoms with E-state index in [2.05, 4.69) is 21.3 Å². The van der Waals surface area contributed by atoms with Crippen LogP contribution in [0.15, 0.2) is 18.7 Å². The Morgan fingerprint density at radius 2 is 2.47 bits per heavy atom. The van der Waals surface area contributed by atoms with Gasteiger partial charge in [0.15, 0.2) is 11.9 Å². The molecule has 86 valence electrons. The van der Waals surface area contributed by atoms with Crippen LogP contribution in [0.4, 0.5) is 5.82 Å². The molecule has 0 aromatic carbocycles. The van der Waals surface area contributed by atoms with E-state index < -0.39 is 6.10 Å². The van der Waals surface area contributed by atoms with E-state index in [-0.39, 0.29) is 0 Å². The summed E-state index contributed by atoms with van der Waals surface area (Å²) in [5.74, 6) is 0.744. The van der Waals surface area contributed by atoms with Gasteiger partial charge in [0, 0.05) is 18.9 Å². The Hall–Kier alpha value is -2.20. The van der Waals surface area contributed by atoms with Crippen molar-refractivity contribution in [3.63, 3.8) is 0 Å². The van der Waals surface area contributed by atoms with Gasteiger partial charge in [0.1, 0.15) is 6.33 Å². The molecule has 0 saturated carbocycles. The first kappa shape index (κ1) is 9.99. The van der Waals surface area contributed by atoms with Crippen LogP contribution in [0.2, 0.25) is 0 Å². The summed E-state index contributed by atoms with van der Waals surface area (Å²) in [5.41, 5.74) is 0.700. The van der Waals surface area contributed by atoms with E-state index in [1.807, 2.05) is 4.90 Å². The maximum atomic E-state index is 8.87. The normalized spacial score (nSPS) is 20.4. The van der Waals surface area contributed by atoms with Crippen LogP contribution in [-0.2, 0) is 4.74 Å². The molecule has 1 aliphatic rings. The van der Waals surface area contributed by atoms with E-state index >= 15 is 0 Å². The highest BCUT2D eigenvalue weighted by molar-refractivity contribution is 5.63. The van der Waals surface area contributed by atoms with Gasteiger partial charge in [0.25, 0.3) is 0 Å². The molecular formula is C10H10N6O. The van der Waals surface area contributed by atoms with Crippen LogP contribution >= 0.6 is 0 Å². The molecule has 1 atom stereocenters. The van der Waals surface area contributed by atoms with Gasteiger partial charge in [-0.05, 0) is 0 Å². The van der Waals surface area contributed by atoms with Gasteiger partial charge in [0.05, 0.1) is 19.2 Å². The van der Waals surface area contributed by atoms with Crippen LogP contribution in [0.25, 0.3) is 5.65 Å². The summed E-state index contributed by atoms with van der Waals surface area (Å²) in [6.07, 6.45) is 4.71. The first-order valence-electron chi connectivity index (χ1n) is 5.29. The average molecular weight is 230 g/mol. The zero-order valence-electron chi connectivity index (χ0n) is 9.02. The Morgan fingerprint density at radius 3 is 3.35 bits per heavy atom. The molecule has 2 aromatic rings. The van der Waals surface area contributed by atoms with Crippen molar-refractivity contribution in [3.05, 3.63) is 18.7 Å². The summed E-state index contributed by atoms with van der Waals surface area (Å²) >= 11 is 0. The predicted molar refractivity (Wildman–Crippen MR) is 58.3 cm³/mol. The summed E-state index contributed by atoms with van der Waals surface area (Å²) < 4.78 is 7.10. The summed E-state index contributed by atoms with van der Waals surface area (Å²) in [5, 5.41) is 16.7. The number of morpholine rings is 1. The molecule has 1 fully saturated rings. The maximum Gasteiger partial charge on any atom is 0.203 e. The van der Waals surface area contributed by atoms with Crippen molar-refractivity contribution in [1.82, 2.24) is 19.6 Å². The van der Waals surface area contributed by atoms with Crippen molar-refractivity contribution in [2.24, 2.45) is 0 Å². The number of hydrogen-bond donors (Lipinski definition) is 0. The molecule has 3 rings (SSSR count). The van der Waals surface area contributed by atoms with Crippen LogP contribution < -0.4 is 4.90 Å². The molecule has 0 bridgehead atoms. The molecule has 17 heavy (non-hydrogen) atoms. The molecule has 1 saturated heterocycles. The zero-order chi connectivity index (χ0) is 11.7. The summed E-state index contributed by atoms with van der Waals surface area (Å²) in [4.78, 5) is 6.31. The van der Waals surface area contributed by atoms with Gasteiger partial charge in [-0.2, -0.15) is 5.26 Å². The first-order chi connectivity index (χ1) is 8.38. The maximum absolute atomic E-state index is 8.87. The lowest BCUT2D eigenvalue weighted by Crippen LogP contribution is -2.42. The van der Waals surface area contributed by atoms with Crippen LogP contribution in [0.3, 0.4) is 0 Å². The number of nitriles is 1. The fourth-order valence-corrected chi connectivity index (χ4v) is 1.89. The van der Waals surface area contributed by atoms with Crippen molar-refractivity contribution in [2.45, 2.75) is 6.10 Å². The number of anilines is 1. The van der Waals surface area contributed by atoms with E-state index in [9.17, 15) is 0 Å². The zero-order valence-corrected chi connectivity index (χ0v) is 9.02. The van der Waals surface area contributed by atoms with Crippen LogP contribution in [-0.4, -0.2) is 45.4 Å². The lowest BCUT2D eigenvalue weighted by molar-refractivity contribution is 0.0762. The van der Waals surface area contributed by atoms with Gasteiger partial charge < -0.3 is 9.64 Å². The summed E-state index contributed by atoms with van der Waals surface area (Å²) in [7, 11) is 0. The van der Waals surface area contributed by atoms with Crippen molar-refractivity contribution in [3.8, 4) is 6.07 Å². The van der Waals surface area contributed by atoms with Crippen LogP contribution in [0.5, 0.6) is 0 Å². The van der Waals surface area contributed by atoms with Gasteiger partial charge in [0.2, 0.25) is 5.65 Å². The second-order valence-electron chi connectivity index (χ2n) is 3.75. The van der Waals surface area contributed by atoms with Crippen molar-refractivity contribution >= 4 is 11.5 Å². The minimum absolute atomic E-state index is 0.409. The number of nitrogens with zero attached hydrogens (tertiary/aromatic N) is 6. The van der Waals surface area contributed by atoms with Crippen LogP contribution in [0, 0.1) is 11.3 Å². The highest BCUT2D eigenvalue weighted by atomic mass is 16.5. The second-order valence-corrected chi connectivity index (χ2v) is 3.75. The molecule has 3 heterocycles. The number of rotatable bonds is 1. The van der Waals surface area contributed by atoms with Gasteiger partial charge in [-0.25, -0.2) is 4.98 Å². The van der Waals surface area contributed by atoms with E-state index in [1.165, 1.54) is 0 Å². The van der Waals surface area contributed by atoms with Crippen molar-refractivity contribution in [2.75, 3.05) is 24.6 Å². The van der Waals surface area contributed by atoms with Gasteiger partial charge in [-0.3, -0.25) is 4.40 Å². The standard InChI is InChI=1S/C10H10N6O/c11-5-8-6-15(3-4-17-8)9-10-14-13-7-16(10)2-1-12-9/h1-2,7-8H,3-4,6H2. The fourth-order valence-electron chi connectivity index (χ4n) is 1.89. The highest BCUT2D eigenvalue weighted by Gasteiger charge is 2.23. The predicted octanol–water partition coefficient (Wildman–Crippen LogP) is -0.147. The monoisotopic (exact) mass is 230 g/mol. The van der Waals surface area contributed by atoms with Crippen molar-refractivity contribution < 1.29 is 4.74 Å². The summed E-state index contributed by atoms with van der Waals surface area (Å²) in [6.45, 7) is 1.74. The minimum atomic E-state index is -0.409. The molecule has 7 heteroatoms. The Labute approximate surface area is 97.3 Å². The quantitative estimate of drug-likeness (QED) is 0.678. The number of ether oxygens (including phenoxy) is 1. The Balaban J connectivity index is 1.98. The first-order valence-corrected chi connectivity index (χ1v) is 5.29. The molecule has 0 N–H and O–H groups in total. The van der Waals surface area contributed by atoms with E-state index in [0.717, 1.165) is 5.82 Å². The molecule has 1 aliphatic heterocycles. The Bertz CT molecular complexity index is 573. The minimum Gasteiger partial charge on any atom is -0.360 e. The topological polar surface area (TPSA) is 79.3 Å². The van der Waals surface area contributed by atoms with E-state index in [0.29, 0.717) is 25.3 Å². The molecule has 0 aliphatic carbocycles. The molecule has 0 radical (unpaired) electrons. The van der Waals surface area contributed by atoms with Crippen molar-refractivity contribution in [1.29, 1.82) is 5.26 Å². The van der Waals surface area contributed by atoms with Gasteiger partial charge >= 0.3 is 0 Å². The second kappa shape index (κ2) is 3.99. The smallest absolute Gasteiger partial charge is 0.203 e. The van der Waals surface area contributed by atoms with E-state index in [4.69, 9.17) is 10.00 Å². The number of fused-ring (bicyclic) bond motifs is 1. The Morgan fingerprint density at radius 1 is 1.53 bits per heavy atom. The molecular weight excluding hydrogens is 220 g/mol. The molecule has 7 nitrogen and oxygen atoms in total. The van der Waals surface area contributed by atoms with E-state index in [1.54, 1.807) is 23.1 Å². The number of hydrogen-bond acceptors (Lipinski definition) is 6. The Kier molecular flexibility index (Phi) is 2.34. The molecule has 0 amide bonds. The fraction of sp³-hybridized carbons (Fsp3) is 0.400. The molecule has 0 spiro atoms. The number of aromatic nitrogens is 4. The molecule has 1 unspecified atom stereocenters. The SMILES string of the molecule is N#CC1CN(c2nccn3cnnc23)CCO1. The summed E-state index contributed by atoms with van der Waals surface area (Å²) in [6, 6.07) is 2.11. The lowest BCUT2D eigenvalue weighted by Gasteiger charge is -2.30. The van der Waals surface area contributed by atoms with Crippen LogP contribution in [0.1, 0.15) is 0 Å². The largest absolute Gasteiger partial charge is 0.360 e. The molecule has 2 aromatic heterocycles. The third-order valence-corrected chi connectivity index (χ3v) is 2.71. The third kappa shape index (κ3) is 1.68. The average Bonchev–Trinajstić information content (AvgIpc) is 2.87. The third-order valence-electron chi connectivity index (χ3n) is 2.71. The van der Waals surface area contributed by atoms with Gasteiger partial charge in [-0.1, -0.05) is 0 Å². The van der Waals surface area contributed by atoms with Gasteiger partial charge in [-0.15, -0.1) is 10.2 Å². The lowest BCUT2D eigenvalue weighted by atomic mass is 10.3. The highest BCUT2D eigenvalue weighted by Crippen LogP contribution is 2.18.